The molecule has 0 spiro atoms. The van der Waals surface area contributed by atoms with Gasteiger partial charge in [-0.1, -0.05) is 12.1 Å². The predicted octanol–water partition coefficient (Wildman–Crippen LogP) is 1.68. The molecular formula is C11H14N2O. The van der Waals surface area contributed by atoms with Gasteiger partial charge in [-0.05, 0) is 30.7 Å². The lowest BCUT2D eigenvalue weighted by atomic mass is 9.98. The number of anilines is 1. The van der Waals surface area contributed by atoms with E-state index in [9.17, 15) is 4.79 Å². The molecule has 0 saturated carbocycles. The van der Waals surface area contributed by atoms with Crippen LogP contribution in [-0.4, -0.2) is 12.5 Å². The van der Waals surface area contributed by atoms with Gasteiger partial charge in [0.25, 0.3) is 0 Å². The van der Waals surface area contributed by atoms with Crippen molar-refractivity contribution in [2.45, 2.75) is 19.4 Å². The molecule has 2 N–H and O–H groups in total. The van der Waals surface area contributed by atoms with E-state index in [4.69, 9.17) is 0 Å². The van der Waals surface area contributed by atoms with Gasteiger partial charge in [0.15, 0.2) is 0 Å². The quantitative estimate of drug-likeness (QED) is 0.745. The van der Waals surface area contributed by atoms with Crippen molar-refractivity contribution in [3.05, 3.63) is 29.8 Å². The van der Waals surface area contributed by atoms with E-state index < -0.39 is 0 Å². The average Bonchev–Trinajstić information content (AvgIpc) is 2.04. The number of nitrogens with one attached hydrogen (secondary N) is 2. The molecule has 1 fully saturated rings. The molecule has 1 heterocycles. The minimum absolute atomic E-state index is 0.0282. The summed E-state index contributed by atoms with van der Waals surface area (Å²) >= 11 is 0. The van der Waals surface area contributed by atoms with Crippen LogP contribution in [0.25, 0.3) is 0 Å². The molecule has 14 heavy (non-hydrogen) atoms. The molecule has 2 rings (SSSR count). The number of hydrogen-bond acceptors (Lipinski definition) is 2. The van der Waals surface area contributed by atoms with E-state index in [1.807, 2.05) is 12.1 Å². The van der Waals surface area contributed by atoms with Gasteiger partial charge in [0, 0.05) is 18.7 Å². The predicted molar refractivity (Wildman–Crippen MR) is 56.1 cm³/mol. The Kier molecular flexibility index (Phi) is 2.50. The van der Waals surface area contributed by atoms with Gasteiger partial charge in [0.2, 0.25) is 5.91 Å². The second kappa shape index (κ2) is 3.80. The molecule has 1 amide bonds. The van der Waals surface area contributed by atoms with Crippen LogP contribution in [0.5, 0.6) is 0 Å². The van der Waals surface area contributed by atoms with Crippen LogP contribution in [0.4, 0.5) is 5.69 Å². The summed E-state index contributed by atoms with van der Waals surface area (Å²) in [6.45, 7) is 2.62. The SMILES string of the molecule is CC(=O)Nc1ccc([C@@H]2CCN2)cc1. The van der Waals surface area contributed by atoms with Gasteiger partial charge in [0.1, 0.15) is 0 Å². The highest BCUT2D eigenvalue weighted by molar-refractivity contribution is 5.88. The molecule has 0 aliphatic carbocycles. The highest BCUT2D eigenvalue weighted by Crippen LogP contribution is 2.23. The largest absolute Gasteiger partial charge is 0.326 e. The Morgan fingerprint density at radius 2 is 2.07 bits per heavy atom. The van der Waals surface area contributed by atoms with E-state index >= 15 is 0 Å². The molecule has 0 unspecified atom stereocenters. The summed E-state index contributed by atoms with van der Waals surface area (Å²) < 4.78 is 0. The Hall–Kier alpha value is -1.35. The first kappa shape index (κ1) is 9.21. The molecule has 1 aliphatic rings. The first-order chi connectivity index (χ1) is 6.75. The van der Waals surface area contributed by atoms with Crippen LogP contribution in [0.15, 0.2) is 24.3 Å². The lowest BCUT2D eigenvalue weighted by Crippen LogP contribution is -2.34. The van der Waals surface area contributed by atoms with Crippen LogP contribution in [0.2, 0.25) is 0 Å². The fourth-order valence-corrected chi connectivity index (χ4v) is 1.58. The van der Waals surface area contributed by atoms with Crippen molar-refractivity contribution in [2.24, 2.45) is 0 Å². The third-order valence-electron chi connectivity index (χ3n) is 2.46. The van der Waals surface area contributed by atoms with Gasteiger partial charge in [0.05, 0.1) is 0 Å². The molecule has 3 nitrogen and oxygen atoms in total. The normalized spacial score (nSPS) is 19.9. The Morgan fingerprint density at radius 3 is 2.50 bits per heavy atom. The molecule has 74 valence electrons. The maximum Gasteiger partial charge on any atom is 0.221 e. The third-order valence-corrected chi connectivity index (χ3v) is 2.46. The topological polar surface area (TPSA) is 41.1 Å². The van der Waals surface area contributed by atoms with Crippen LogP contribution in [0.1, 0.15) is 24.9 Å². The summed E-state index contributed by atoms with van der Waals surface area (Å²) in [5.74, 6) is -0.0282. The summed E-state index contributed by atoms with van der Waals surface area (Å²) in [5, 5.41) is 6.08. The minimum atomic E-state index is -0.0282. The van der Waals surface area contributed by atoms with Crippen LogP contribution < -0.4 is 10.6 Å². The van der Waals surface area contributed by atoms with E-state index in [0.717, 1.165) is 12.2 Å². The van der Waals surface area contributed by atoms with Crippen molar-refractivity contribution >= 4 is 11.6 Å². The summed E-state index contributed by atoms with van der Waals surface area (Å²) in [7, 11) is 0. The van der Waals surface area contributed by atoms with Crippen LogP contribution in [0, 0.1) is 0 Å². The van der Waals surface area contributed by atoms with Crippen molar-refractivity contribution in [2.75, 3.05) is 11.9 Å². The smallest absolute Gasteiger partial charge is 0.221 e. The summed E-state index contributed by atoms with van der Waals surface area (Å²) in [6, 6.07) is 8.51. The van der Waals surface area contributed by atoms with E-state index in [-0.39, 0.29) is 5.91 Å². The average molecular weight is 190 g/mol. The Bertz CT molecular complexity index is 328. The van der Waals surface area contributed by atoms with E-state index in [0.29, 0.717) is 6.04 Å². The van der Waals surface area contributed by atoms with Gasteiger partial charge in [-0.2, -0.15) is 0 Å². The lowest BCUT2D eigenvalue weighted by molar-refractivity contribution is -0.114. The van der Waals surface area contributed by atoms with Crippen molar-refractivity contribution in [1.82, 2.24) is 5.32 Å². The maximum absolute atomic E-state index is 10.8. The molecule has 3 heteroatoms. The van der Waals surface area contributed by atoms with Crippen molar-refractivity contribution < 1.29 is 4.79 Å². The number of carbonyl (C=O) groups is 1. The first-order valence-corrected chi connectivity index (χ1v) is 4.86. The van der Waals surface area contributed by atoms with Gasteiger partial charge in [-0.15, -0.1) is 0 Å². The molecule has 1 aliphatic heterocycles. The van der Waals surface area contributed by atoms with E-state index in [1.54, 1.807) is 0 Å². The zero-order chi connectivity index (χ0) is 9.97. The highest BCUT2D eigenvalue weighted by atomic mass is 16.1. The molecule has 1 saturated heterocycles. The lowest BCUT2D eigenvalue weighted by Gasteiger charge is -2.28. The molecule has 0 bridgehead atoms. The van der Waals surface area contributed by atoms with E-state index in [2.05, 4.69) is 22.8 Å². The number of benzene rings is 1. The summed E-state index contributed by atoms with van der Waals surface area (Å²) in [4.78, 5) is 10.8. The Morgan fingerprint density at radius 1 is 1.43 bits per heavy atom. The monoisotopic (exact) mass is 190 g/mol. The molecule has 1 atom stereocenters. The number of carbonyl (C=O) groups excluding carboxylic acids is 1. The number of hydrogen-bond donors (Lipinski definition) is 2. The minimum Gasteiger partial charge on any atom is -0.326 e. The maximum atomic E-state index is 10.8. The molecule has 0 radical (unpaired) electrons. The van der Waals surface area contributed by atoms with Crippen LogP contribution in [0.3, 0.4) is 0 Å². The van der Waals surface area contributed by atoms with Crippen LogP contribution in [-0.2, 0) is 4.79 Å². The first-order valence-electron chi connectivity index (χ1n) is 4.86. The van der Waals surface area contributed by atoms with Gasteiger partial charge in [-0.25, -0.2) is 0 Å². The van der Waals surface area contributed by atoms with Gasteiger partial charge in [-0.3, -0.25) is 4.79 Å². The Labute approximate surface area is 83.5 Å². The fourth-order valence-electron chi connectivity index (χ4n) is 1.58. The zero-order valence-electron chi connectivity index (χ0n) is 8.21. The third kappa shape index (κ3) is 1.93. The highest BCUT2D eigenvalue weighted by Gasteiger charge is 2.17. The van der Waals surface area contributed by atoms with Crippen LogP contribution >= 0.6 is 0 Å². The number of amides is 1. The van der Waals surface area contributed by atoms with Gasteiger partial charge < -0.3 is 10.6 Å². The zero-order valence-corrected chi connectivity index (χ0v) is 8.21. The second-order valence-corrected chi connectivity index (χ2v) is 3.60. The van der Waals surface area contributed by atoms with Gasteiger partial charge >= 0.3 is 0 Å². The van der Waals surface area contributed by atoms with E-state index in [1.165, 1.54) is 18.9 Å². The molecule has 1 aromatic rings. The number of rotatable bonds is 2. The Balaban J connectivity index is 2.05. The molecular weight excluding hydrogens is 176 g/mol. The van der Waals surface area contributed by atoms with Crippen molar-refractivity contribution in [1.29, 1.82) is 0 Å². The van der Waals surface area contributed by atoms with Crippen molar-refractivity contribution in [3.8, 4) is 0 Å². The summed E-state index contributed by atoms with van der Waals surface area (Å²) in [5.41, 5.74) is 2.16. The van der Waals surface area contributed by atoms with Crippen molar-refractivity contribution in [3.63, 3.8) is 0 Å². The standard InChI is InChI=1S/C11H14N2O/c1-8(14)13-10-4-2-9(3-5-10)11-6-7-12-11/h2-5,11-12H,6-7H2,1H3,(H,13,14)/t11-/m0/s1. The second-order valence-electron chi connectivity index (χ2n) is 3.60. The molecule has 0 aromatic heterocycles. The summed E-state index contributed by atoms with van der Waals surface area (Å²) in [6.07, 6.45) is 1.21. The fraction of sp³-hybridized carbons (Fsp3) is 0.364. The molecule has 1 aromatic carbocycles.